The van der Waals surface area contributed by atoms with E-state index < -0.39 is 5.60 Å². The zero-order chi connectivity index (χ0) is 7.61. The molecule has 1 aliphatic rings. The van der Waals surface area contributed by atoms with Crippen molar-refractivity contribution in [3.8, 4) is 0 Å². The van der Waals surface area contributed by atoms with E-state index in [1.54, 1.807) is 6.92 Å². The van der Waals surface area contributed by atoms with Crippen molar-refractivity contribution < 1.29 is 14.9 Å². The van der Waals surface area contributed by atoms with Gasteiger partial charge in [-0.2, -0.15) is 0 Å². The predicted molar refractivity (Wildman–Crippen MR) is 36.7 cm³/mol. The fraction of sp³-hybridized carbons (Fsp3) is 1.00. The molecule has 0 saturated carbocycles. The zero-order valence-corrected chi connectivity index (χ0v) is 6.21. The van der Waals surface area contributed by atoms with Crippen molar-refractivity contribution in [2.24, 2.45) is 0 Å². The van der Waals surface area contributed by atoms with Crippen LogP contribution in [0.15, 0.2) is 0 Å². The molecule has 3 heteroatoms. The molecular formula is C7H14O3. The van der Waals surface area contributed by atoms with Crippen molar-refractivity contribution in [2.45, 2.75) is 31.5 Å². The first kappa shape index (κ1) is 7.98. The Morgan fingerprint density at radius 3 is 2.80 bits per heavy atom. The first-order chi connectivity index (χ1) is 4.67. The third-order valence-corrected chi connectivity index (χ3v) is 2.01. The molecule has 3 nitrogen and oxygen atoms in total. The topological polar surface area (TPSA) is 49.7 Å². The monoisotopic (exact) mass is 146 g/mol. The highest BCUT2D eigenvalue weighted by Crippen LogP contribution is 2.24. The van der Waals surface area contributed by atoms with Crippen LogP contribution in [0, 0.1) is 0 Å². The van der Waals surface area contributed by atoms with E-state index in [1.807, 2.05) is 0 Å². The summed E-state index contributed by atoms with van der Waals surface area (Å²) in [6.45, 7) is 2.27. The van der Waals surface area contributed by atoms with Gasteiger partial charge in [0.15, 0.2) is 0 Å². The molecule has 0 aromatic carbocycles. The summed E-state index contributed by atoms with van der Waals surface area (Å²) >= 11 is 0. The second-order valence-electron chi connectivity index (χ2n) is 3.00. The lowest BCUT2D eigenvalue weighted by Gasteiger charge is -2.35. The van der Waals surface area contributed by atoms with Crippen molar-refractivity contribution in [1.82, 2.24) is 0 Å². The van der Waals surface area contributed by atoms with E-state index in [2.05, 4.69) is 0 Å². The maximum Gasteiger partial charge on any atom is 0.109 e. The molecule has 1 fully saturated rings. The molecule has 0 aromatic rings. The van der Waals surface area contributed by atoms with Crippen molar-refractivity contribution in [3.63, 3.8) is 0 Å². The first-order valence-electron chi connectivity index (χ1n) is 3.61. The van der Waals surface area contributed by atoms with Gasteiger partial charge in [0.05, 0.1) is 12.2 Å². The summed E-state index contributed by atoms with van der Waals surface area (Å²) in [4.78, 5) is 0. The second-order valence-corrected chi connectivity index (χ2v) is 3.00. The van der Waals surface area contributed by atoms with Crippen molar-refractivity contribution in [3.05, 3.63) is 0 Å². The van der Waals surface area contributed by atoms with Crippen LogP contribution >= 0.6 is 0 Å². The quantitative estimate of drug-likeness (QED) is 0.543. The molecule has 10 heavy (non-hydrogen) atoms. The molecule has 1 rings (SSSR count). The lowest BCUT2D eigenvalue weighted by molar-refractivity contribution is -0.149. The van der Waals surface area contributed by atoms with Crippen molar-refractivity contribution in [1.29, 1.82) is 0 Å². The minimum Gasteiger partial charge on any atom is -0.394 e. The molecule has 0 amide bonds. The Kier molecular flexibility index (Phi) is 2.28. The third kappa shape index (κ3) is 1.48. The van der Waals surface area contributed by atoms with Crippen molar-refractivity contribution in [2.75, 3.05) is 13.2 Å². The molecule has 0 spiro atoms. The summed E-state index contributed by atoms with van der Waals surface area (Å²) < 4.78 is 5.14. The molecule has 1 saturated heterocycles. The highest BCUT2D eigenvalue weighted by Gasteiger charge is 2.34. The minimum atomic E-state index is -0.826. The van der Waals surface area contributed by atoms with E-state index in [0.717, 1.165) is 12.8 Å². The summed E-state index contributed by atoms with van der Waals surface area (Å²) in [5.74, 6) is 0. The highest BCUT2D eigenvalue weighted by atomic mass is 16.5. The molecule has 0 radical (unpaired) electrons. The predicted octanol–water partition coefficient (Wildman–Crippen LogP) is -0.0913. The summed E-state index contributed by atoms with van der Waals surface area (Å²) in [6, 6.07) is 0. The molecule has 0 aromatic heterocycles. The highest BCUT2D eigenvalue weighted by molar-refractivity contribution is 4.85. The van der Waals surface area contributed by atoms with Crippen LogP contribution in [-0.4, -0.2) is 35.1 Å². The molecule has 1 heterocycles. The number of ether oxygens (including phenoxy) is 1. The van der Waals surface area contributed by atoms with Crippen LogP contribution in [-0.2, 0) is 4.74 Å². The zero-order valence-electron chi connectivity index (χ0n) is 6.21. The smallest absolute Gasteiger partial charge is 0.109 e. The number of aliphatic hydroxyl groups excluding tert-OH is 1. The van der Waals surface area contributed by atoms with E-state index >= 15 is 0 Å². The van der Waals surface area contributed by atoms with Crippen LogP contribution in [0.25, 0.3) is 0 Å². The van der Waals surface area contributed by atoms with Gasteiger partial charge in [0, 0.05) is 6.61 Å². The van der Waals surface area contributed by atoms with E-state index in [4.69, 9.17) is 9.84 Å². The van der Waals surface area contributed by atoms with Gasteiger partial charge >= 0.3 is 0 Å². The minimum absolute atomic E-state index is 0.0903. The van der Waals surface area contributed by atoms with E-state index in [-0.39, 0.29) is 12.7 Å². The van der Waals surface area contributed by atoms with Crippen LogP contribution < -0.4 is 0 Å². The molecular weight excluding hydrogens is 132 g/mol. The summed E-state index contributed by atoms with van der Waals surface area (Å²) in [5, 5.41) is 18.3. The summed E-state index contributed by atoms with van der Waals surface area (Å²) in [5.41, 5.74) is -0.826. The van der Waals surface area contributed by atoms with Crippen LogP contribution in [0.5, 0.6) is 0 Å². The molecule has 60 valence electrons. The molecule has 0 unspecified atom stereocenters. The van der Waals surface area contributed by atoms with Gasteiger partial charge in [0.2, 0.25) is 0 Å². The van der Waals surface area contributed by atoms with Gasteiger partial charge in [0.25, 0.3) is 0 Å². The third-order valence-electron chi connectivity index (χ3n) is 2.01. The van der Waals surface area contributed by atoms with Gasteiger partial charge in [-0.1, -0.05) is 0 Å². The average Bonchev–Trinajstić information content (AvgIpc) is 1.87. The van der Waals surface area contributed by atoms with Gasteiger partial charge in [-0.05, 0) is 19.8 Å². The van der Waals surface area contributed by atoms with Crippen LogP contribution in [0.2, 0.25) is 0 Å². The van der Waals surface area contributed by atoms with Crippen molar-refractivity contribution >= 4 is 0 Å². The van der Waals surface area contributed by atoms with Gasteiger partial charge < -0.3 is 14.9 Å². The Balaban J connectivity index is 2.51. The van der Waals surface area contributed by atoms with E-state index in [0.29, 0.717) is 6.61 Å². The number of hydrogen-bond acceptors (Lipinski definition) is 3. The Morgan fingerprint density at radius 1 is 1.70 bits per heavy atom. The van der Waals surface area contributed by atoms with Gasteiger partial charge in [-0.3, -0.25) is 0 Å². The number of aliphatic hydroxyl groups is 2. The molecule has 1 aliphatic heterocycles. The number of rotatable bonds is 1. The maximum absolute atomic E-state index is 9.55. The van der Waals surface area contributed by atoms with E-state index in [9.17, 15) is 5.11 Å². The Morgan fingerprint density at radius 2 is 2.40 bits per heavy atom. The fourth-order valence-electron chi connectivity index (χ4n) is 1.25. The normalized spacial score (nSPS) is 41.7. The molecule has 2 atom stereocenters. The largest absolute Gasteiger partial charge is 0.394 e. The SMILES string of the molecule is C[C@@]1(O)CCCO[C@H]1CO. The lowest BCUT2D eigenvalue weighted by atomic mass is 9.92. The molecule has 2 N–H and O–H groups in total. The molecule has 0 aliphatic carbocycles. The summed E-state index contributed by atoms with van der Waals surface area (Å²) in [7, 11) is 0. The van der Waals surface area contributed by atoms with Gasteiger partial charge in [0.1, 0.15) is 6.10 Å². The van der Waals surface area contributed by atoms with E-state index in [1.165, 1.54) is 0 Å². The lowest BCUT2D eigenvalue weighted by Crippen LogP contribution is -2.46. The van der Waals surface area contributed by atoms with Gasteiger partial charge in [-0.25, -0.2) is 0 Å². The first-order valence-corrected chi connectivity index (χ1v) is 3.61. The number of hydrogen-bond donors (Lipinski definition) is 2. The van der Waals surface area contributed by atoms with Crippen LogP contribution in [0.1, 0.15) is 19.8 Å². The Hall–Kier alpha value is -0.120. The summed E-state index contributed by atoms with van der Waals surface area (Å²) in [6.07, 6.45) is 1.21. The second kappa shape index (κ2) is 2.86. The van der Waals surface area contributed by atoms with Gasteiger partial charge in [-0.15, -0.1) is 0 Å². The Labute approximate surface area is 60.6 Å². The standard InChI is InChI=1S/C7H14O3/c1-7(9)3-2-4-10-6(7)5-8/h6,8-9H,2-5H2,1H3/t6-,7+/m0/s1. The fourth-order valence-corrected chi connectivity index (χ4v) is 1.25. The Bertz CT molecular complexity index is 111. The van der Waals surface area contributed by atoms with Crippen LogP contribution in [0.3, 0.4) is 0 Å². The molecule has 0 bridgehead atoms. The van der Waals surface area contributed by atoms with Crippen LogP contribution in [0.4, 0.5) is 0 Å². The maximum atomic E-state index is 9.55. The average molecular weight is 146 g/mol.